The number of carbonyl (C=O) groups excluding carboxylic acids is 3. The van der Waals surface area contributed by atoms with Gasteiger partial charge in [0.1, 0.15) is 5.00 Å². The minimum Gasteiger partial charge on any atom is -0.619 e. The number of hydrogen-bond acceptors (Lipinski definition) is 7. The summed E-state index contributed by atoms with van der Waals surface area (Å²) in [6, 6.07) is 2.61. The highest BCUT2D eigenvalue weighted by atomic mass is 32.1. The van der Waals surface area contributed by atoms with Crippen molar-refractivity contribution in [3.05, 3.63) is 51.3 Å². The zero-order chi connectivity index (χ0) is 20.3. The summed E-state index contributed by atoms with van der Waals surface area (Å²) < 4.78 is 10.4. The fourth-order valence-corrected chi connectivity index (χ4v) is 4.50. The molecule has 1 atom stereocenters. The molecule has 2 aromatic heterocycles. The average Bonchev–Trinajstić information content (AvgIpc) is 3.02. The van der Waals surface area contributed by atoms with Crippen LogP contribution in [0.1, 0.15) is 44.5 Å². The van der Waals surface area contributed by atoms with Crippen molar-refractivity contribution in [1.29, 1.82) is 0 Å². The van der Waals surface area contributed by atoms with Crippen molar-refractivity contribution in [1.82, 2.24) is 0 Å². The first-order valence-electron chi connectivity index (χ1n) is 8.77. The van der Waals surface area contributed by atoms with Gasteiger partial charge in [-0.2, -0.15) is 4.73 Å². The van der Waals surface area contributed by atoms with Gasteiger partial charge in [-0.15, -0.1) is 11.3 Å². The van der Waals surface area contributed by atoms with Gasteiger partial charge in [0.25, 0.3) is 5.91 Å². The number of nitrogens with one attached hydrogen (secondary N) is 1. The van der Waals surface area contributed by atoms with E-state index in [1.165, 1.54) is 30.6 Å². The van der Waals surface area contributed by atoms with Gasteiger partial charge < -0.3 is 20.0 Å². The van der Waals surface area contributed by atoms with Crippen LogP contribution in [0, 0.1) is 11.1 Å². The summed E-state index contributed by atoms with van der Waals surface area (Å²) in [5, 5.41) is 14.1. The molecule has 2 heterocycles. The van der Waals surface area contributed by atoms with Crippen LogP contribution >= 0.6 is 11.3 Å². The summed E-state index contributed by atoms with van der Waals surface area (Å²) in [7, 11) is 1.30. The Kier molecular flexibility index (Phi) is 5.93. The molecule has 9 heteroatoms. The third-order valence-electron chi connectivity index (χ3n) is 4.53. The third kappa shape index (κ3) is 4.30. The Hall–Kier alpha value is -2.94. The van der Waals surface area contributed by atoms with Gasteiger partial charge in [0.15, 0.2) is 19.0 Å². The smallest absolute Gasteiger partial charge is 0.341 e. The minimum absolute atomic E-state index is 0.163. The zero-order valence-corrected chi connectivity index (χ0v) is 16.3. The molecule has 0 radical (unpaired) electrons. The van der Waals surface area contributed by atoms with Crippen LogP contribution in [0.5, 0.6) is 0 Å². The van der Waals surface area contributed by atoms with E-state index in [1.54, 1.807) is 0 Å². The maximum Gasteiger partial charge on any atom is 0.341 e. The van der Waals surface area contributed by atoms with Gasteiger partial charge in [-0.05, 0) is 30.7 Å². The summed E-state index contributed by atoms with van der Waals surface area (Å²) in [4.78, 5) is 37.5. The monoisotopic (exact) mass is 404 g/mol. The second-order valence-electron chi connectivity index (χ2n) is 6.62. The molecule has 0 bridgehead atoms. The highest BCUT2D eigenvalue weighted by molar-refractivity contribution is 7.17. The maximum absolute atomic E-state index is 12.3. The lowest BCUT2D eigenvalue weighted by Gasteiger charge is -2.18. The number of anilines is 1. The van der Waals surface area contributed by atoms with Crippen molar-refractivity contribution in [2.75, 3.05) is 19.0 Å². The fourth-order valence-electron chi connectivity index (χ4n) is 3.08. The number of thiophene rings is 1. The number of pyridine rings is 1. The number of rotatable bonds is 5. The van der Waals surface area contributed by atoms with Crippen molar-refractivity contribution in [2.45, 2.75) is 26.2 Å². The van der Waals surface area contributed by atoms with Gasteiger partial charge in [-0.25, -0.2) is 9.59 Å². The van der Waals surface area contributed by atoms with Crippen molar-refractivity contribution >= 4 is 34.2 Å². The number of esters is 2. The van der Waals surface area contributed by atoms with Gasteiger partial charge in [0.05, 0.1) is 18.2 Å². The largest absolute Gasteiger partial charge is 0.619 e. The number of nitrogens with zero attached hydrogens (tertiary/aromatic N) is 1. The first-order valence-corrected chi connectivity index (χ1v) is 9.59. The average molecular weight is 404 g/mol. The molecule has 1 amide bonds. The molecule has 148 valence electrons. The molecule has 1 aliphatic rings. The molecule has 1 N–H and O–H groups in total. The highest BCUT2D eigenvalue weighted by Gasteiger charge is 2.29. The SMILES string of the molecule is COC(=O)c1c(NC(=O)COC(=O)c2cc[n+]([O-])cc2)sc2c1CC[C@@H](C)C2. The molecule has 0 aromatic carbocycles. The summed E-state index contributed by atoms with van der Waals surface area (Å²) >= 11 is 1.36. The van der Waals surface area contributed by atoms with Crippen LogP contribution in [0.4, 0.5) is 5.00 Å². The van der Waals surface area contributed by atoms with Crippen LogP contribution in [-0.4, -0.2) is 31.6 Å². The zero-order valence-electron chi connectivity index (χ0n) is 15.5. The first-order chi connectivity index (χ1) is 13.4. The molecule has 8 nitrogen and oxygen atoms in total. The first kappa shape index (κ1) is 19.8. The predicted molar refractivity (Wildman–Crippen MR) is 101 cm³/mol. The van der Waals surface area contributed by atoms with Crippen molar-refractivity contribution in [3.63, 3.8) is 0 Å². The van der Waals surface area contributed by atoms with E-state index >= 15 is 0 Å². The van der Waals surface area contributed by atoms with Crippen LogP contribution in [-0.2, 0) is 27.1 Å². The van der Waals surface area contributed by atoms with Crippen LogP contribution < -0.4 is 10.0 Å². The number of hydrogen-bond donors (Lipinski definition) is 1. The number of ether oxygens (including phenoxy) is 2. The second kappa shape index (κ2) is 8.39. The maximum atomic E-state index is 12.3. The molecular formula is C19H20N2O6S. The molecule has 0 saturated carbocycles. The van der Waals surface area contributed by atoms with Crippen molar-refractivity contribution in [2.24, 2.45) is 5.92 Å². The third-order valence-corrected chi connectivity index (χ3v) is 5.70. The highest BCUT2D eigenvalue weighted by Crippen LogP contribution is 2.39. The van der Waals surface area contributed by atoms with Crippen molar-refractivity contribution < 1.29 is 28.6 Å². The lowest BCUT2D eigenvalue weighted by atomic mass is 9.88. The molecule has 3 rings (SSSR count). The Bertz CT molecular complexity index is 906. The number of aromatic nitrogens is 1. The fraction of sp³-hybridized carbons (Fsp3) is 0.368. The standard InChI is InChI=1S/C19H20N2O6S/c1-11-3-4-13-14(9-11)28-17(16(13)19(24)26-2)20-15(22)10-27-18(23)12-5-7-21(25)8-6-12/h5-8,11H,3-4,9-10H2,1-2H3,(H,20,22)/t11-/m1/s1. The van der Waals surface area contributed by atoms with Crippen LogP contribution in [0.15, 0.2) is 24.5 Å². The summed E-state index contributed by atoms with van der Waals surface area (Å²) in [5.74, 6) is -1.25. The van der Waals surface area contributed by atoms with E-state index in [-0.39, 0.29) is 5.56 Å². The van der Waals surface area contributed by atoms with Gasteiger partial charge >= 0.3 is 11.9 Å². The molecule has 0 saturated heterocycles. The Morgan fingerprint density at radius 3 is 2.68 bits per heavy atom. The minimum atomic E-state index is -0.719. The molecular weight excluding hydrogens is 384 g/mol. The normalized spacial score (nSPS) is 15.4. The van der Waals surface area contributed by atoms with Gasteiger partial charge in [-0.1, -0.05) is 6.92 Å². The summed E-state index contributed by atoms with van der Waals surface area (Å²) in [6.45, 7) is 1.64. The molecule has 0 fully saturated rings. The lowest BCUT2D eigenvalue weighted by Crippen LogP contribution is -2.25. The molecule has 0 aliphatic heterocycles. The topological polar surface area (TPSA) is 109 Å². The quantitative estimate of drug-likeness (QED) is 0.464. The molecule has 28 heavy (non-hydrogen) atoms. The van der Waals surface area contributed by atoms with E-state index < -0.39 is 24.5 Å². The Morgan fingerprint density at radius 2 is 2.00 bits per heavy atom. The Morgan fingerprint density at radius 1 is 1.29 bits per heavy atom. The van der Waals surface area contributed by atoms with E-state index in [4.69, 9.17) is 9.47 Å². The van der Waals surface area contributed by atoms with E-state index in [0.29, 0.717) is 21.2 Å². The van der Waals surface area contributed by atoms with E-state index in [0.717, 1.165) is 42.1 Å². The lowest BCUT2D eigenvalue weighted by molar-refractivity contribution is -0.605. The summed E-state index contributed by atoms with van der Waals surface area (Å²) in [5.41, 5.74) is 1.48. The number of fused-ring (bicyclic) bond motifs is 1. The predicted octanol–water partition coefficient (Wildman–Crippen LogP) is 2.09. The Balaban J connectivity index is 1.69. The van der Waals surface area contributed by atoms with E-state index in [1.807, 2.05) is 0 Å². The molecule has 0 spiro atoms. The van der Waals surface area contributed by atoms with Gasteiger partial charge in [-0.3, -0.25) is 4.79 Å². The summed E-state index contributed by atoms with van der Waals surface area (Å²) in [6.07, 6.45) is 4.91. The molecule has 2 aromatic rings. The molecule has 0 unspecified atom stereocenters. The van der Waals surface area contributed by atoms with E-state index in [2.05, 4.69) is 12.2 Å². The Labute approximate surface area is 165 Å². The molecule has 1 aliphatic carbocycles. The van der Waals surface area contributed by atoms with Crippen LogP contribution in [0.3, 0.4) is 0 Å². The van der Waals surface area contributed by atoms with Gasteiger partial charge in [0, 0.05) is 17.0 Å². The number of methoxy groups -OCH3 is 1. The second-order valence-corrected chi connectivity index (χ2v) is 7.72. The van der Waals surface area contributed by atoms with E-state index in [9.17, 15) is 19.6 Å². The number of amides is 1. The van der Waals surface area contributed by atoms with Crippen molar-refractivity contribution in [3.8, 4) is 0 Å². The number of carbonyl (C=O) groups is 3. The van der Waals surface area contributed by atoms with Gasteiger partial charge in [0.2, 0.25) is 0 Å². The van der Waals surface area contributed by atoms with Crippen LogP contribution in [0.25, 0.3) is 0 Å². The van der Waals surface area contributed by atoms with Crippen LogP contribution in [0.2, 0.25) is 0 Å².